The Hall–Kier alpha value is -3.24. The molecule has 1 aliphatic heterocycles. The van der Waals surface area contributed by atoms with Crippen LogP contribution in [0.5, 0.6) is 5.75 Å². The van der Waals surface area contributed by atoms with Crippen LogP contribution in [0.4, 0.5) is 0 Å². The third-order valence-corrected chi connectivity index (χ3v) is 10.2. The predicted molar refractivity (Wildman–Crippen MR) is 214 cm³/mol. The number of rotatable bonds is 14. The van der Waals surface area contributed by atoms with Crippen LogP contribution in [0.2, 0.25) is 0 Å². The van der Waals surface area contributed by atoms with Crippen molar-refractivity contribution in [3.05, 3.63) is 100 Å². The molecule has 0 amide bonds. The highest BCUT2D eigenvalue weighted by molar-refractivity contribution is 6.00. The van der Waals surface area contributed by atoms with Crippen molar-refractivity contribution in [2.45, 2.75) is 126 Å². The van der Waals surface area contributed by atoms with Gasteiger partial charge in [-0.1, -0.05) is 127 Å². The lowest BCUT2D eigenvalue weighted by atomic mass is 9.85. The maximum atomic E-state index is 13.2. The third-order valence-electron chi connectivity index (χ3n) is 10.2. The first-order valence-electron chi connectivity index (χ1n) is 19.5. The fourth-order valence-electron chi connectivity index (χ4n) is 7.04. The van der Waals surface area contributed by atoms with E-state index in [1.807, 2.05) is 31.2 Å². The highest BCUT2D eigenvalue weighted by Crippen LogP contribution is 2.28. The van der Waals surface area contributed by atoms with Gasteiger partial charge in [-0.25, -0.2) is 0 Å². The van der Waals surface area contributed by atoms with E-state index < -0.39 is 0 Å². The number of phenols is 1. The SMILES string of the molecule is C1CCNC1.CC(C=O)CC(C)c1ccc(O)cc1.CCCC(Cc1ccc(CC(C)C(=O)C2=C(C)CC(C)/C(C)=C\C=C/2)cc1)CC(C)C. The molecule has 5 atom stereocenters. The zero-order valence-corrected chi connectivity index (χ0v) is 32.9. The van der Waals surface area contributed by atoms with E-state index in [-0.39, 0.29) is 23.4 Å². The van der Waals surface area contributed by atoms with Crippen LogP contribution < -0.4 is 5.32 Å². The second-order valence-corrected chi connectivity index (χ2v) is 15.6. The van der Waals surface area contributed by atoms with E-state index >= 15 is 0 Å². The summed E-state index contributed by atoms with van der Waals surface area (Å²) in [7, 11) is 0. The molecule has 2 aromatic carbocycles. The fourth-order valence-corrected chi connectivity index (χ4v) is 7.04. The summed E-state index contributed by atoms with van der Waals surface area (Å²) >= 11 is 0. The minimum Gasteiger partial charge on any atom is -0.508 e. The van der Waals surface area contributed by atoms with Crippen LogP contribution in [-0.4, -0.2) is 30.3 Å². The van der Waals surface area contributed by atoms with Crippen LogP contribution in [0.3, 0.4) is 0 Å². The first-order valence-corrected chi connectivity index (χ1v) is 19.5. The van der Waals surface area contributed by atoms with Gasteiger partial charge in [-0.15, -0.1) is 0 Å². The van der Waals surface area contributed by atoms with Crippen LogP contribution in [-0.2, 0) is 22.4 Å². The summed E-state index contributed by atoms with van der Waals surface area (Å²) in [5, 5.41) is 12.3. The molecule has 0 bridgehead atoms. The third kappa shape index (κ3) is 16.2. The van der Waals surface area contributed by atoms with E-state index in [2.05, 4.69) is 91.0 Å². The molecule has 1 saturated heterocycles. The second kappa shape index (κ2) is 23.3. The number of Topliss-reactive ketones (excluding diaryl/α,β-unsaturated/α-hetero) is 1. The zero-order valence-electron chi connectivity index (χ0n) is 32.9. The molecule has 1 fully saturated rings. The molecule has 0 spiro atoms. The molecule has 0 radical (unpaired) electrons. The van der Waals surface area contributed by atoms with Crippen molar-refractivity contribution < 1.29 is 14.7 Å². The first-order chi connectivity index (χ1) is 23.8. The van der Waals surface area contributed by atoms with Gasteiger partial charge in [0, 0.05) is 17.4 Å². The number of hydrogen-bond donors (Lipinski definition) is 2. The first kappa shape index (κ1) is 42.9. The molecule has 4 heteroatoms. The molecular weight excluding hydrogens is 615 g/mol. The van der Waals surface area contributed by atoms with Crippen molar-refractivity contribution in [2.75, 3.05) is 13.1 Å². The van der Waals surface area contributed by atoms with E-state index in [1.165, 1.54) is 73.9 Å². The van der Waals surface area contributed by atoms with Gasteiger partial charge in [-0.3, -0.25) is 4.79 Å². The van der Waals surface area contributed by atoms with Gasteiger partial charge in [0.2, 0.25) is 0 Å². The fraction of sp³-hybridized carbons (Fsp3) is 0.565. The molecule has 1 aliphatic carbocycles. The van der Waals surface area contributed by atoms with Gasteiger partial charge < -0.3 is 15.2 Å². The minimum absolute atomic E-state index is 0.00552. The van der Waals surface area contributed by atoms with Crippen molar-refractivity contribution in [3.8, 4) is 5.75 Å². The average molecular weight is 684 g/mol. The summed E-state index contributed by atoms with van der Waals surface area (Å²) in [4.78, 5) is 23.7. The van der Waals surface area contributed by atoms with Gasteiger partial charge >= 0.3 is 0 Å². The van der Waals surface area contributed by atoms with Crippen molar-refractivity contribution in [1.82, 2.24) is 5.32 Å². The topological polar surface area (TPSA) is 66.4 Å². The molecule has 5 unspecified atom stereocenters. The number of carbonyl (C=O) groups excluding carboxylic acids is 2. The smallest absolute Gasteiger partial charge is 0.165 e. The predicted octanol–water partition coefficient (Wildman–Crippen LogP) is 11.4. The lowest BCUT2D eigenvalue weighted by molar-refractivity contribution is -0.118. The second-order valence-electron chi connectivity index (χ2n) is 15.6. The van der Waals surface area contributed by atoms with Crippen LogP contribution in [0.15, 0.2) is 83.5 Å². The Labute approximate surface area is 305 Å². The summed E-state index contributed by atoms with van der Waals surface area (Å²) < 4.78 is 0. The van der Waals surface area contributed by atoms with Gasteiger partial charge in [-0.2, -0.15) is 0 Å². The Balaban J connectivity index is 0.000000371. The molecule has 2 aliphatic rings. The van der Waals surface area contributed by atoms with Gasteiger partial charge in [0.1, 0.15) is 12.0 Å². The number of aromatic hydroxyl groups is 1. The highest BCUT2D eigenvalue weighted by atomic mass is 16.3. The maximum Gasteiger partial charge on any atom is 0.165 e. The standard InChI is InChI=1S/C30H44O.C12H16O2.C4H9N/c1-8-10-28(17-21(2)3)20-27-15-13-26(14-16-27)19-25(7)30(31)29-12-9-11-22(4)23(5)18-24(29)6;1-9(8-13)7-10(2)11-3-5-12(14)6-4-11;1-2-4-5-3-1/h9,11-16,21,23,25,28H,8,10,17-20H2,1-7H3;3-6,8-10,14H,7H2,1-2H3;5H,1-4H2/b12-9-,22-11-,29-24?;;. The maximum absolute atomic E-state index is 13.2. The number of nitrogens with one attached hydrogen (secondary N) is 1. The van der Waals surface area contributed by atoms with Gasteiger partial charge in [0.25, 0.3) is 0 Å². The van der Waals surface area contributed by atoms with Gasteiger partial charge in [-0.05, 0) is 124 Å². The van der Waals surface area contributed by atoms with E-state index in [0.29, 0.717) is 11.8 Å². The van der Waals surface area contributed by atoms with Crippen molar-refractivity contribution in [1.29, 1.82) is 0 Å². The highest BCUT2D eigenvalue weighted by Gasteiger charge is 2.21. The van der Waals surface area contributed by atoms with Gasteiger partial charge in [0.15, 0.2) is 5.78 Å². The van der Waals surface area contributed by atoms with E-state index in [4.69, 9.17) is 5.11 Å². The van der Waals surface area contributed by atoms with Crippen LogP contribution >= 0.6 is 0 Å². The molecule has 1 heterocycles. The molecule has 276 valence electrons. The van der Waals surface area contributed by atoms with E-state index in [9.17, 15) is 9.59 Å². The Morgan fingerprint density at radius 2 is 1.50 bits per heavy atom. The zero-order chi connectivity index (χ0) is 37.1. The Kier molecular flexibility index (Phi) is 20.0. The number of phenolic OH excluding ortho intramolecular Hbond substituents is 1. The number of aldehydes is 1. The summed E-state index contributed by atoms with van der Waals surface area (Å²) in [5.41, 5.74) is 7.37. The van der Waals surface area contributed by atoms with Crippen LogP contribution in [0, 0.1) is 29.6 Å². The number of hydrogen-bond acceptors (Lipinski definition) is 4. The molecule has 4 rings (SSSR count). The quantitative estimate of drug-likeness (QED) is 0.195. The summed E-state index contributed by atoms with van der Waals surface area (Å²) in [6, 6.07) is 16.2. The van der Waals surface area contributed by atoms with E-state index in [0.717, 1.165) is 48.5 Å². The molecule has 0 saturated carbocycles. The Morgan fingerprint density at radius 1 is 0.900 bits per heavy atom. The number of ketones is 1. The monoisotopic (exact) mass is 684 g/mol. The number of allylic oxidation sites excluding steroid dienone is 6. The molecule has 2 aromatic rings. The van der Waals surface area contributed by atoms with Crippen molar-refractivity contribution >= 4 is 12.1 Å². The minimum atomic E-state index is -0.00552. The molecule has 50 heavy (non-hydrogen) atoms. The number of benzene rings is 2. The lowest BCUT2D eigenvalue weighted by Gasteiger charge is -2.20. The van der Waals surface area contributed by atoms with Gasteiger partial charge in [0.05, 0.1) is 0 Å². The molecular formula is C46H69NO3. The van der Waals surface area contributed by atoms with Crippen molar-refractivity contribution in [3.63, 3.8) is 0 Å². The molecule has 2 N–H and O–H groups in total. The van der Waals surface area contributed by atoms with Crippen LogP contribution in [0.1, 0.15) is 130 Å². The Bertz CT molecular complexity index is 1350. The average Bonchev–Trinajstić information content (AvgIpc) is 3.67. The van der Waals surface area contributed by atoms with Crippen molar-refractivity contribution in [2.24, 2.45) is 29.6 Å². The normalized spacial score (nSPS) is 20.0. The largest absolute Gasteiger partial charge is 0.508 e. The summed E-state index contributed by atoms with van der Waals surface area (Å²) in [6.45, 7) is 22.1. The lowest BCUT2D eigenvalue weighted by Crippen LogP contribution is -2.17. The molecule has 4 nitrogen and oxygen atoms in total. The van der Waals surface area contributed by atoms with E-state index in [1.54, 1.807) is 12.1 Å². The summed E-state index contributed by atoms with van der Waals surface area (Å²) in [5.74, 6) is 3.02. The summed E-state index contributed by atoms with van der Waals surface area (Å²) in [6.07, 6.45) is 17.6. The number of carbonyl (C=O) groups is 2. The Morgan fingerprint density at radius 3 is 2.02 bits per heavy atom. The van der Waals surface area contributed by atoms with Crippen LogP contribution in [0.25, 0.3) is 0 Å². The molecule has 0 aromatic heterocycles.